The number of carbonyl (C=O) groups is 1. The summed E-state index contributed by atoms with van der Waals surface area (Å²) >= 11 is 0. The summed E-state index contributed by atoms with van der Waals surface area (Å²) in [5.41, 5.74) is 0.203. The molecule has 3 heterocycles. The molecule has 3 aromatic rings. The number of aromatic nitrogens is 4. The van der Waals surface area contributed by atoms with Crippen molar-refractivity contribution in [2.45, 2.75) is 6.42 Å². The third kappa shape index (κ3) is 3.83. The summed E-state index contributed by atoms with van der Waals surface area (Å²) in [5.74, 6) is -0.164. The topological polar surface area (TPSA) is 67.2 Å². The summed E-state index contributed by atoms with van der Waals surface area (Å²) in [6.07, 6.45) is 3.38. The Balaban J connectivity index is 1.34. The van der Waals surface area contributed by atoms with Crippen molar-refractivity contribution in [1.82, 2.24) is 24.9 Å². The van der Waals surface area contributed by atoms with E-state index in [1.165, 1.54) is 6.07 Å². The van der Waals surface area contributed by atoms with E-state index in [-0.39, 0.29) is 17.9 Å². The minimum Gasteiger partial charge on any atom is -0.352 e. The number of piperazine rings is 1. The van der Waals surface area contributed by atoms with Crippen LogP contribution in [0.5, 0.6) is 0 Å². The van der Waals surface area contributed by atoms with Crippen LogP contribution in [0.4, 0.5) is 14.6 Å². The van der Waals surface area contributed by atoms with E-state index in [1.54, 1.807) is 22.0 Å². The van der Waals surface area contributed by atoms with Crippen molar-refractivity contribution in [3.8, 4) is 5.82 Å². The highest BCUT2D eigenvalue weighted by atomic mass is 19.1. The van der Waals surface area contributed by atoms with E-state index in [0.717, 1.165) is 18.0 Å². The average molecular weight is 384 g/mol. The summed E-state index contributed by atoms with van der Waals surface area (Å²) in [6, 6.07) is 8.79. The number of nitrogens with zero attached hydrogens (tertiary/aromatic N) is 6. The van der Waals surface area contributed by atoms with E-state index < -0.39 is 11.6 Å². The molecule has 4 rings (SSSR count). The smallest absolute Gasteiger partial charge is 0.227 e. The highest BCUT2D eigenvalue weighted by Gasteiger charge is 2.23. The van der Waals surface area contributed by atoms with Crippen molar-refractivity contribution < 1.29 is 13.6 Å². The number of rotatable bonds is 4. The van der Waals surface area contributed by atoms with Crippen LogP contribution in [0.3, 0.4) is 0 Å². The van der Waals surface area contributed by atoms with E-state index in [2.05, 4.69) is 15.3 Å². The van der Waals surface area contributed by atoms with Crippen LogP contribution in [-0.2, 0) is 11.2 Å². The summed E-state index contributed by atoms with van der Waals surface area (Å²) < 4.78 is 28.4. The van der Waals surface area contributed by atoms with Gasteiger partial charge in [-0.1, -0.05) is 6.07 Å². The molecule has 1 aliphatic heterocycles. The lowest BCUT2D eigenvalue weighted by molar-refractivity contribution is -0.130. The van der Waals surface area contributed by atoms with Gasteiger partial charge in [0.2, 0.25) is 5.91 Å². The van der Waals surface area contributed by atoms with Crippen LogP contribution in [0.15, 0.2) is 48.8 Å². The molecular formula is C19H18F2N6O. The maximum atomic E-state index is 13.8. The van der Waals surface area contributed by atoms with Crippen molar-refractivity contribution in [3.63, 3.8) is 0 Å². The second kappa shape index (κ2) is 7.71. The Bertz CT molecular complexity index is 953. The van der Waals surface area contributed by atoms with E-state index in [9.17, 15) is 13.6 Å². The molecule has 0 atom stereocenters. The first-order chi connectivity index (χ1) is 13.6. The lowest BCUT2D eigenvalue weighted by atomic mass is 10.1. The van der Waals surface area contributed by atoms with E-state index in [1.807, 2.05) is 23.1 Å². The van der Waals surface area contributed by atoms with Gasteiger partial charge in [-0.15, -0.1) is 10.2 Å². The third-order valence-electron chi connectivity index (χ3n) is 4.69. The minimum absolute atomic E-state index is 0.0789. The van der Waals surface area contributed by atoms with Crippen molar-refractivity contribution >= 4 is 11.7 Å². The Morgan fingerprint density at radius 3 is 2.39 bits per heavy atom. The van der Waals surface area contributed by atoms with Gasteiger partial charge in [0.15, 0.2) is 11.6 Å². The number of benzene rings is 1. The monoisotopic (exact) mass is 384 g/mol. The first-order valence-electron chi connectivity index (χ1n) is 8.90. The SMILES string of the molecule is O=C(Cc1ccc(F)cc1F)N1CCN(c2ccc(-n3cccn3)nn2)CC1. The van der Waals surface area contributed by atoms with Crippen LogP contribution in [0.1, 0.15) is 5.56 Å². The molecule has 1 aromatic carbocycles. The van der Waals surface area contributed by atoms with Crippen molar-refractivity contribution in [3.05, 3.63) is 66.0 Å². The van der Waals surface area contributed by atoms with Gasteiger partial charge in [0, 0.05) is 44.6 Å². The Morgan fingerprint density at radius 2 is 1.75 bits per heavy atom. The zero-order valence-corrected chi connectivity index (χ0v) is 15.0. The highest BCUT2D eigenvalue weighted by Crippen LogP contribution is 2.16. The molecule has 2 aromatic heterocycles. The number of amides is 1. The first-order valence-corrected chi connectivity index (χ1v) is 8.90. The van der Waals surface area contributed by atoms with Crippen LogP contribution in [0.25, 0.3) is 5.82 Å². The van der Waals surface area contributed by atoms with Gasteiger partial charge < -0.3 is 9.80 Å². The lowest BCUT2D eigenvalue weighted by Gasteiger charge is -2.35. The zero-order chi connectivity index (χ0) is 19.5. The van der Waals surface area contributed by atoms with Crippen LogP contribution >= 0.6 is 0 Å². The summed E-state index contributed by atoms with van der Waals surface area (Å²) in [6.45, 7) is 2.22. The molecule has 28 heavy (non-hydrogen) atoms. The molecule has 1 fully saturated rings. The quantitative estimate of drug-likeness (QED) is 0.687. The van der Waals surface area contributed by atoms with E-state index in [4.69, 9.17) is 0 Å². The molecule has 0 spiro atoms. The second-order valence-corrected chi connectivity index (χ2v) is 6.48. The number of anilines is 1. The molecule has 0 aliphatic carbocycles. The second-order valence-electron chi connectivity index (χ2n) is 6.48. The Labute approximate surface area is 160 Å². The van der Waals surface area contributed by atoms with Gasteiger partial charge in [0.05, 0.1) is 6.42 Å². The number of hydrogen-bond acceptors (Lipinski definition) is 5. The molecule has 9 heteroatoms. The van der Waals surface area contributed by atoms with Crippen LogP contribution < -0.4 is 4.90 Å². The molecule has 7 nitrogen and oxygen atoms in total. The maximum absolute atomic E-state index is 13.8. The molecule has 0 bridgehead atoms. The van der Waals surface area contributed by atoms with Gasteiger partial charge in [0.25, 0.3) is 0 Å². The predicted molar refractivity (Wildman–Crippen MR) is 98.0 cm³/mol. The lowest BCUT2D eigenvalue weighted by Crippen LogP contribution is -2.49. The van der Waals surface area contributed by atoms with Gasteiger partial charge in [0.1, 0.15) is 11.6 Å². The maximum Gasteiger partial charge on any atom is 0.227 e. The molecule has 0 radical (unpaired) electrons. The van der Waals surface area contributed by atoms with Crippen LogP contribution in [-0.4, -0.2) is 57.0 Å². The molecule has 1 aliphatic rings. The molecule has 0 saturated carbocycles. The summed E-state index contributed by atoms with van der Waals surface area (Å²) in [7, 11) is 0. The fraction of sp³-hybridized carbons (Fsp3) is 0.263. The number of hydrogen-bond donors (Lipinski definition) is 0. The third-order valence-corrected chi connectivity index (χ3v) is 4.69. The molecular weight excluding hydrogens is 366 g/mol. The van der Waals surface area contributed by atoms with Gasteiger partial charge >= 0.3 is 0 Å². The molecule has 0 unspecified atom stereocenters. The molecule has 1 amide bonds. The van der Waals surface area contributed by atoms with Crippen molar-refractivity contribution in [1.29, 1.82) is 0 Å². The molecule has 144 valence electrons. The predicted octanol–water partition coefficient (Wildman–Crippen LogP) is 1.83. The van der Waals surface area contributed by atoms with E-state index in [0.29, 0.717) is 32.0 Å². The van der Waals surface area contributed by atoms with Gasteiger partial charge in [-0.05, 0) is 29.8 Å². The van der Waals surface area contributed by atoms with E-state index >= 15 is 0 Å². The largest absolute Gasteiger partial charge is 0.352 e. The fourth-order valence-electron chi connectivity index (χ4n) is 3.14. The zero-order valence-electron chi connectivity index (χ0n) is 15.0. The Hall–Kier alpha value is -3.36. The summed E-state index contributed by atoms with van der Waals surface area (Å²) in [4.78, 5) is 16.2. The van der Waals surface area contributed by atoms with Gasteiger partial charge in [-0.25, -0.2) is 13.5 Å². The summed E-state index contributed by atoms with van der Waals surface area (Å²) in [5, 5.41) is 12.5. The van der Waals surface area contributed by atoms with Crippen LogP contribution in [0.2, 0.25) is 0 Å². The highest BCUT2D eigenvalue weighted by molar-refractivity contribution is 5.79. The number of halogens is 2. The standard InChI is InChI=1S/C19H18F2N6O/c20-15-3-2-14(16(21)13-15)12-19(28)26-10-8-25(9-11-26)17-4-5-18(24-23-17)27-7-1-6-22-27/h1-7,13H,8-12H2. The van der Waals surface area contributed by atoms with Gasteiger partial charge in [-0.2, -0.15) is 5.10 Å². The first kappa shape index (κ1) is 18.0. The fourth-order valence-corrected chi connectivity index (χ4v) is 3.14. The van der Waals surface area contributed by atoms with Crippen LogP contribution in [0, 0.1) is 11.6 Å². The van der Waals surface area contributed by atoms with Crippen molar-refractivity contribution in [2.24, 2.45) is 0 Å². The Kier molecular flexibility index (Phi) is 4.96. The van der Waals surface area contributed by atoms with Crippen molar-refractivity contribution in [2.75, 3.05) is 31.1 Å². The molecule has 0 N–H and O–H groups in total. The minimum atomic E-state index is -0.695. The Morgan fingerprint density at radius 1 is 1.00 bits per heavy atom. The number of carbonyl (C=O) groups excluding carboxylic acids is 1. The average Bonchev–Trinajstić information content (AvgIpc) is 3.25. The molecule has 1 saturated heterocycles. The van der Waals surface area contributed by atoms with Gasteiger partial charge in [-0.3, -0.25) is 4.79 Å². The normalized spacial score (nSPS) is 14.4.